The summed E-state index contributed by atoms with van der Waals surface area (Å²) in [6, 6.07) is 0. The summed E-state index contributed by atoms with van der Waals surface area (Å²) >= 11 is 0. The van der Waals surface area contributed by atoms with Gasteiger partial charge >= 0.3 is 0 Å². The van der Waals surface area contributed by atoms with Gasteiger partial charge < -0.3 is 5.32 Å². The largest absolute Gasteiger partial charge is 0.349 e. The molecule has 0 radical (unpaired) electrons. The van der Waals surface area contributed by atoms with Gasteiger partial charge in [-0.15, -0.1) is 4.91 Å². The molecule has 66 valence electrons. The van der Waals surface area contributed by atoms with Gasteiger partial charge in [0.05, 0.1) is 18.9 Å². The molecule has 0 aliphatic heterocycles. The Kier molecular flexibility index (Phi) is 5.63. The molecule has 0 fully saturated rings. The predicted molar refractivity (Wildman–Crippen MR) is 39.4 cm³/mol. The van der Waals surface area contributed by atoms with E-state index in [-0.39, 0.29) is 0 Å². The van der Waals surface area contributed by atoms with Gasteiger partial charge in [0, 0.05) is 20.0 Å². The van der Waals surface area contributed by atoms with Crippen LogP contribution < -0.4 is 5.32 Å². The van der Waals surface area contributed by atoms with Crippen molar-refractivity contribution in [3.05, 3.63) is 4.91 Å². The average molecular weight is 163 g/mol. The van der Waals surface area contributed by atoms with Gasteiger partial charge in [-0.05, 0) is 0 Å². The Labute approximate surface area is 65.7 Å². The van der Waals surface area contributed by atoms with Crippen LogP contribution in [0.4, 0.5) is 0 Å². The second kappa shape index (κ2) is 6.02. The maximum atomic E-state index is 9.76. The molecule has 0 heterocycles. The minimum Gasteiger partial charge on any atom is -0.349 e. The van der Waals surface area contributed by atoms with Crippen molar-refractivity contribution in [3.63, 3.8) is 0 Å². The van der Waals surface area contributed by atoms with E-state index < -0.39 is 0 Å². The highest BCUT2D eigenvalue weighted by atomic mass is 16.6. The summed E-state index contributed by atoms with van der Waals surface area (Å²) in [4.78, 5) is 9.76. The van der Waals surface area contributed by atoms with E-state index in [0.717, 1.165) is 13.0 Å². The average Bonchev–Trinajstić information content (AvgIpc) is 2.03. The van der Waals surface area contributed by atoms with E-state index in [4.69, 9.17) is 5.21 Å². The molecule has 0 aliphatic rings. The monoisotopic (exact) mass is 163 g/mol. The molecule has 0 amide bonds. The first-order valence-electron chi connectivity index (χ1n) is 3.53. The summed E-state index contributed by atoms with van der Waals surface area (Å²) in [7, 11) is 3.56. The van der Waals surface area contributed by atoms with Crippen molar-refractivity contribution >= 4 is 0 Å². The number of nitrogens with zero attached hydrogens (tertiary/aromatic N) is 3. The van der Waals surface area contributed by atoms with Crippen LogP contribution in [-0.2, 0) is 0 Å². The summed E-state index contributed by atoms with van der Waals surface area (Å²) in [5.41, 5.74) is 0. The fourth-order valence-electron chi connectivity index (χ4n) is 0.676. The zero-order chi connectivity index (χ0) is 8.69. The van der Waals surface area contributed by atoms with Gasteiger partial charge in [0.25, 0.3) is 0 Å². The van der Waals surface area contributed by atoms with Crippen LogP contribution in [0.1, 0.15) is 6.42 Å². The van der Waals surface area contributed by atoms with Crippen LogP contribution in [0.2, 0.25) is 0 Å². The van der Waals surface area contributed by atoms with E-state index in [9.17, 15) is 4.91 Å². The first-order chi connectivity index (χ1) is 5.22. The number of quaternary nitrogens is 1. The molecule has 0 aromatic rings. The van der Waals surface area contributed by atoms with E-state index in [1.807, 2.05) is 12.4 Å². The smallest absolute Gasteiger partial charge is 0.0962 e. The molecule has 11 heavy (non-hydrogen) atoms. The molecule has 6 nitrogen and oxygen atoms in total. The standard InChI is InChI=1S/C5H14N4O2/c1-6-4-3-5-8(2)9(11)7-10/h6,11H,3-5H2,1-2H3/p+1. The third kappa shape index (κ3) is 4.65. The van der Waals surface area contributed by atoms with E-state index in [0.29, 0.717) is 11.8 Å². The van der Waals surface area contributed by atoms with E-state index in [2.05, 4.69) is 5.29 Å². The lowest BCUT2D eigenvalue weighted by molar-refractivity contribution is -0.627. The highest BCUT2D eigenvalue weighted by Crippen LogP contribution is 1.90. The van der Waals surface area contributed by atoms with Crippen molar-refractivity contribution in [2.24, 2.45) is 5.29 Å². The summed E-state index contributed by atoms with van der Waals surface area (Å²) in [6.07, 6.45) is 0.902. The first kappa shape index (κ1) is 10.3. The van der Waals surface area contributed by atoms with Gasteiger partial charge in [-0.2, -0.15) is 5.01 Å². The van der Waals surface area contributed by atoms with Crippen LogP contribution in [0.25, 0.3) is 0 Å². The Balaban J connectivity index is 3.35. The third-order valence-corrected chi connectivity index (χ3v) is 1.35. The third-order valence-electron chi connectivity index (χ3n) is 1.35. The van der Waals surface area contributed by atoms with Gasteiger partial charge in [0.1, 0.15) is 0 Å². The maximum Gasteiger partial charge on any atom is 0.0962 e. The minimum absolute atomic E-state index is 0.301. The molecule has 0 spiro atoms. The molecule has 0 rings (SSSR count). The molecule has 0 aromatic heterocycles. The van der Waals surface area contributed by atoms with Crippen molar-refractivity contribution in [2.75, 3.05) is 27.2 Å². The summed E-state index contributed by atoms with van der Waals surface area (Å²) in [6.45, 7) is 1.59. The highest BCUT2D eigenvalue weighted by Gasteiger charge is 2.04. The van der Waals surface area contributed by atoms with Crippen molar-refractivity contribution in [3.8, 4) is 0 Å². The lowest BCUT2D eigenvalue weighted by atomic mass is 10.4. The number of nitroso groups, excluding NO2 is 1. The quantitative estimate of drug-likeness (QED) is 0.293. The highest BCUT2D eigenvalue weighted by molar-refractivity contribution is 4.39. The first-order valence-corrected chi connectivity index (χ1v) is 3.53. The minimum atomic E-state index is 0.301. The molecule has 0 aliphatic carbocycles. The Morgan fingerprint density at radius 2 is 2.27 bits per heavy atom. The molecule has 0 atom stereocenters. The fraction of sp³-hybridized carbons (Fsp3) is 1.00. The van der Waals surface area contributed by atoms with Crippen LogP contribution in [0.5, 0.6) is 0 Å². The molecule has 0 bridgehead atoms. The second-order valence-electron chi connectivity index (χ2n) is 2.28. The summed E-state index contributed by atoms with van der Waals surface area (Å²) in [5.74, 6) is 0. The summed E-state index contributed by atoms with van der Waals surface area (Å²) in [5, 5.41) is 14.7. The van der Waals surface area contributed by atoms with Gasteiger partial charge in [0.15, 0.2) is 0 Å². The van der Waals surface area contributed by atoms with E-state index in [1.165, 1.54) is 5.01 Å². The normalized spacial score (nSPS) is 10.2. The maximum absolute atomic E-state index is 9.76. The molecular formula is C5H15N4O2+. The summed E-state index contributed by atoms with van der Waals surface area (Å²) < 4.78 is 0. The Morgan fingerprint density at radius 1 is 1.64 bits per heavy atom. The van der Waals surface area contributed by atoms with Crippen LogP contribution in [0, 0.1) is 4.91 Å². The van der Waals surface area contributed by atoms with Crippen molar-refractivity contribution in [1.29, 1.82) is 0 Å². The van der Waals surface area contributed by atoms with Crippen LogP contribution >= 0.6 is 0 Å². The molecule has 3 N–H and O–H groups in total. The zero-order valence-electron chi connectivity index (χ0n) is 6.90. The van der Waals surface area contributed by atoms with Crippen LogP contribution in [0.15, 0.2) is 5.29 Å². The number of nitrogens with two attached hydrogens (primary N) is 1. The number of hydrazine groups is 1. The Bertz CT molecular complexity index is 111. The molecule has 0 saturated heterocycles. The second-order valence-corrected chi connectivity index (χ2v) is 2.28. The predicted octanol–water partition coefficient (Wildman–Crippen LogP) is -1.21. The number of hydrogen-bond acceptors (Lipinski definition) is 4. The Hall–Kier alpha value is -0.720. The topological polar surface area (TPSA) is 72.8 Å². The Morgan fingerprint density at radius 3 is 2.73 bits per heavy atom. The van der Waals surface area contributed by atoms with E-state index in [1.54, 1.807) is 7.05 Å². The van der Waals surface area contributed by atoms with Crippen LogP contribution in [0.3, 0.4) is 0 Å². The fourth-order valence-corrected chi connectivity index (χ4v) is 0.676. The molecule has 6 heteroatoms. The van der Waals surface area contributed by atoms with Gasteiger partial charge in [-0.1, -0.05) is 5.28 Å². The lowest BCUT2D eigenvalue weighted by Crippen LogP contribution is -2.79. The van der Waals surface area contributed by atoms with Crippen molar-refractivity contribution < 1.29 is 10.5 Å². The van der Waals surface area contributed by atoms with Gasteiger partial charge in [-0.3, -0.25) is 5.21 Å². The molecule has 0 saturated carbocycles. The SMILES string of the molecule is C[NH2+]CCCN(C)N(O)N=O. The van der Waals surface area contributed by atoms with Crippen molar-refractivity contribution in [2.45, 2.75) is 6.42 Å². The lowest BCUT2D eigenvalue weighted by Gasteiger charge is -2.18. The zero-order valence-corrected chi connectivity index (χ0v) is 6.90. The van der Waals surface area contributed by atoms with Crippen molar-refractivity contribution in [1.82, 2.24) is 10.3 Å². The van der Waals surface area contributed by atoms with Gasteiger partial charge in [0.2, 0.25) is 0 Å². The molecule has 0 aromatic carbocycles. The van der Waals surface area contributed by atoms with E-state index >= 15 is 0 Å². The molecule has 0 unspecified atom stereocenters. The number of hydrogen-bond donors (Lipinski definition) is 2. The van der Waals surface area contributed by atoms with Gasteiger partial charge in [-0.25, -0.2) is 0 Å². The van der Waals surface area contributed by atoms with Crippen LogP contribution in [-0.4, -0.2) is 42.7 Å². The number of rotatable bonds is 6. The molecular weight excluding hydrogens is 148 g/mol.